The monoisotopic (exact) mass is 415 g/mol. The highest BCUT2D eigenvalue weighted by Gasteiger charge is 2.21. The molecule has 1 aliphatic rings. The molecule has 0 saturated carbocycles. The molecular formula is C25H25N3OS. The van der Waals surface area contributed by atoms with Crippen molar-refractivity contribution in [3.05, 3.63) is 82.0 Å². The lowest BCUT2D eigenvalue weighted by atomic mass is 9.97. The number of rotatable bonds is 6. The van der Waals surface area contributed by atoms with Crippen molar-refractivity contribution in [2.75, 3.05) is 12.4 Å². The second-order valence-electron chi connectivity index (χ2n) is 7.71. The number of anilines is 1. The molecule has 0 atom stereocenters. The molecule has 0 saturated heterocycles. The molecule has 2 heterocycles. The van der Waals surface area contributed by atoms with Gasteiger partial charge in [-0.1, -0.05) is 48.5 Å². The number of fused-ring (bicyclic) bond motifs is 3. The van der Waals surface area contributed by atoms with Gasteiger partial charge in [0.25, 0.3) is 0 Å². The van der Waals surface area contributed by atoms with Crippen molar-refractivity contribution in [1.82, 2.24) is 9.97 Å². The van der Waals surface area contributed by atoms with E-state index in [1.807, 2.05) is 35.6 Å². The van der Waals surface area contributed by atoms with Gasteiger partial charge >= 0.3 is 0 Å². The maximum atomic E-state index is 5.53. The van der Waals surface area contributed by atoms with E-state index in [9.17, 15) is 0 Å². The Balaban J connectivity index is 1.54. The van der Waals surface area contributed by atoms with Gasteiger partial charge in [-0.05, 0) is 42.9 Å². The molecular weight excluding hydrogens is 390 g/mol. The van der Waals surface area contributed by atoms with Crippen molar-refractivity contribution in [3.63, 3.8) is 0 Å². The molecule has 0 unspecified atom stereocenters. The van der Waals surface area contributed by atoms with Crippen LogP contribution in [0.4, 0.5) is 5.82 Å². The molecule has 1 N–H and O–H groups in total. The van der Waals surface area contributed by atoms with Crippen molar-refractivity contribution in [1.29, 1.82) is 0 Å². The topological polar surface area (TPSA) is 47.0 Å². The molecule has 0 radical (unpaired) electrons. The second kappa shape index (κ2) is 8.44. The molecule has 0 fully saturated rings. The molecule has 30 heavy (non-hydrogen) atoms. The van der Waals surface area contributed by atoms with Gasteiger partial charge in [0.05, 0.1) is 12.5 Å². The molecule has 0 bridgehead atoms. The molecule has 152 valence electrons. The first-order valence-corrected chi connectivity index (χ1v) is 11.3. The summed E-state index contributed by atoms with van der Waals surface area (Å²) in [6, 6.07) is 18.6. The minimum Gasteiger partial charge on any atom is -0.496 e. The summed E-state index contributed by atoms with van der Waals surface area (Å²) in [6.07, 6.45) is 5.55. The minimum atomic E-state index is 0.672. The van der Waals surface area contributed by atoms with Crippen LogP contribution in [0.3, 0.4) is 0 Å². The molecule has 1 aliphatic carbocycles. The maximum absolute atomic E-state index is 5.53. The fourth-order valence-corrected chi connectivity index (χ4v) is 5.50. The van der Waals surface area contributed by atoms with Crippen LogP contribution in [0.2, 0.25) is 0 Å². The number of hydrogen-bond donors (Lipinski definition) is 1. The number of nitrogens with one attached hydrogen (secondary N) is 1. The van der Waals surface area contributed by atoms with Crippen LogP contribution < -0.4 is 10.1 Å². The van der Waals surface area contributed by atoms with Gasteiger partial charge in [-0.2, -0.15) is 0 Å². The molecule has 4 aromatic rings. The molecule has 5 heteroatoms. The zero-order valence-corrected chi connectivity index (χ0v) is 18.0. The molecule has 0 amide bonds. The molecule has 2 aromatic heterocycles. The predicted molar refractivity (Wildman–Crippen MR) is 124 cm³/mol. The largest absolute Gasteiger partial charge is 0.496 e. The van der Waals surface area contributed by atoms with Crippen LogP contribution in [0, 0.1) is 0 Å². The summed E-state index contributed by atoms with van der Waals surface area (Å²) in [5.74, 6) is 2.72. The molecule has 5 rings (SSSR count). The number of aromatic nitrogens is 2. The average Bonchev–Trinajstić information content (AvgIpc) is 3.17. The van der Waals surface area contributed by atoms with E-state index in [-0.39, 0.29) is 0 Å². The maximum Gasteiger partial charge on any atom is 0.139 e. The van der Waals surface area contributed by atoms with E-state index >= 15 is 0 Å². The van der Waals surface area contributed by atoms with Crippen LogP contribution in [-0.4, -0.2) is 17.1 Å². The predicted octanol–water partition coefficient (Wildman–Crippen LogP) is 5.78. The zero-order chi connectivity index (χ0) is 20.3. The van der Waals surface area contributed by atoms with Crippen LogP contribution >= 0.6 is 11.3 Å². The third-order valence-corrected chi connectivity index (χ3v) is 6.89. The number of para-hydroxylation sites is 1. The molecule has 2 aromatic carbocycles. The number of aryl methyl sites for hydroxylation is 2. The number of hydrogen-bond acceptors (Lipinski definition) is 5. The van der Waals surface area contributed by atoms with Gasteiger partial charge in [-0.15, -0.1) is 11.3 Å². The van der Waals surface area contributed by atoms with Gasteiger partial charge in [-0.3, -0.25) is 0 Å². The number of thiophene rings is 1. The highest BCUT2D eigenvalue weighted by Crippen LogP contribution is 2.39. The van der Waals surface area contributed by atoms with Gasteiger partial charge < -0.3 is 10.1 Å². The quantitative estimate of drug-likeness (QED) is 0.433. The van der Waals surface area contributed by atoms with E-state index in [1.54, 1.807) is 7.11 Å². The van der Waals surface area contributed by atoms with E-state index in [0.29, 0.717) is 6.54 Å². The molecule has 0 spiro atoms. The van der Waals surface area contributed by atoms with Crippen LogP contribution in [0.1, 0.15) is 40.2 Å². The van der Waals surface area contributed by atoms with E-state index in [1.165, 1.54) is 34.2 Å². The number of benzene rings is 2. The number of nitrogens with zero attached hydrogens (tertiary/aromatic N) is 2. The van der Waals surface area contributed by atoms with Gasteiger partial charge in [-0.25, -0.2) is 9.97 Å². The average molecular weight is 416 g/mol. The Morgan fingerprint density at radius 1 is 0.967 bits per heavy atom. The molecule has 0 aliphatic heterocycles. The Morgan fingerprint density at radius 3 is 2.63 bits per heavy atom. The highest BCUT2D eigenvalue weighted by atomic mass is 32.1. The van der Waals surface area contributed by atoms with Crippen LogP contribution in [-0.2, 0) is 25.8 Å². The van der Waals surface area contributed by atoms with Crippen molar-refractivity contribution < 1.29 is 4.74 Å². The Bertz CT molecular complexity index is 1170. The number of ether oxygens (including phenoxy) is 1. The van der Waals surface area contributed by atoms with Gasteiger partial charge in [0.2, 0.25) is 0 Å². The highest BCUT2D eigenvalue weighted by molar-refractivity contribution is 7.19. The van der Waals surface area contributed by atoms with Crippen molar-refractivity contribution in [2.24, 2.45) is 0 Å². The summed E-state index contributed by atoms with van der Waals surface area (Å²) in [4.78, 5) is 12.6. The third kappa shape index (κ3) is 3.77. The smallest absolute Gasteiger partial charge is 0.139 e. The third-order valence-electron chi connectivity index (χ3n) is 5.70. The zero-order valence-electron chi connectivity index (χ0n) is 17.1. The van der Waals surface area contributed by atoms with Crippen LogP contribution in [0.15, 0.2) is 54.6 Å². The Kier molecular flexibility index (Phi) is 5.37. The first-order chi connectivity index (χ1) is 14.8. The fraction of sp³-hybridized carbons (Fsp3) is 0.280. The summed E-state index contributed by atoms with van der Waals surface area (Å²) >= 11 is 1.85. The SMILES string of the molecule is COc1ccccc1CNc1nc(Cc2ccccc2)nc2sc3c(c12)CCCC3. The Hall–Kier alpha value is -2.92. The summed E-state index contributed by atoms with van der Waals surface area (Å²) in [6.45, 7) is 0.672. The van der Waals surface area contributed by atoms with E-state index in [2.05, 4.69) is 35.6 Å². The molecule has 4 nitrogen and oxygen atoms in total. The second-order valence-corrected chi connectivity index (χ2v) is 8.79. The lowest BCUT2D eigenvalue weighted by Crippen LogP contribution is -2.08. The summed E-state index contributed by atoms with van der Waals surface area (Å²) in [5, 5.41) is 4.84. The van der Waals surface area contributed by atoms with Gasteiger partial charge in [0.1, 0.15) is 22.2 Å². The van der Waals surface area contributed by atoms with Gasteiger partial charge in [0, 0.05) is 23.4 Å². The van der Waals surface area contributed by atoms with Crippen LogP contribution in [0.25, 0.3) is 10.2 Å². The van der Waals surface area contributed by atoms with E-state index in [0.717, 1.165) is 47.0 Å². The summed E-state index contributed by atoms with van der Waals surface area (Å²) in [5.41, 5.74) is 3.81. The standard InChI is InChI=1S/C25H25N3OS/c1-29-20-13-7-5-11-18(20)16-26-24-23-19-12-6-8-14-21(19)30-25(23)28-22(27-24)15-17-9-3-2-4-10-17/h2-5,7,9-11,13H,6,8,12,14-16H2,1H3,(H,26,27,28). The van der Waals surface area contributed by atoms with Crippen molar-refractivity contribution in [2.45, 2.75) is 38.6 Å². The van der Waals surface area contributed by atoms with E-state index < -0.39 is 0 Å². The normalized spacial score (nSPS) is 13.2. The van der Waals surface area contributed by atoms with Crippen molar-refractivity contribution in [3.8, 4) is 5.75 Å². The first kappa shape index (κ1) is 19.1. The lowest BCUT2D eigenvalue weighted by molar-refractivity contribution is 0.410. The lowest BCUT2D eigenvalue weighted by Gasteiger charge is -2.14. The van der Waals surface area contributed by atoms with Crippen LogP contribution in [0.5, 0.6) is 5.75 Å². The summed E-state index contributed by atoms with van der Waals surface area (Å²) < 4.78 is 5.53. The Morgan fingerprint density at radius 2 is 1.77 bits per heavy atom. The first-order valence-electron chi connectivity index (χ1n) is 10.5. The fourth-order valence-electron chi connectivity index (χ4n) is 4.21. The van der Waals surface area contributed by atoms with Gasteiger partial charge in [0.15, 0.2) is 0 Å². The van der Waals surface area contributed by atoms with E-state index in [4.69, 9.17) is 14.7 Å². The summed E-state index contributed by atoms with van der Waals surface area (Å²) in [7, 11) is 1.72. The Labute approximate surface area is 181 Å². The number of methoxy groups -OCH3 is 1. The van der Waals surface area contributed by atoms with Crippen molar-refractivity contribution >= 4 is 27.4 Å². The minimum absolute atomic E-state index is 0.672.